The lowest BCUT2D eigenvalue weighted by Gasteiger charge is -2.12. The Bertz CT molecular complexity index is 1040. The smallest absolute Gasteiger partial charge is 0.130 e. The maximum absolute atomic E-state index is 5.92. The Hall–Kier alpha value is -3.33. The Morgan fingerprint density at radius 3 is 2.41 bits per heavy atom. The summed E-state index contributed by atoms with van der Waals surface area (Å²) in [5.41, 5.74) is 4.10. The van der Waals surface area contributed by atoms with Gasteiger partial charge in [0.15, 0.2) is 0 Å². The monoisotopic (exact) mass is 355 g/mol. The highest BCUT2D eigenvalue weighted by atomic mass is 16.5. The zero-order valence-electron chi connectivity index (χ0n) is 15.3. The van der Waals surface area contributed by atoms with Gasteiger partial charge in [0.05, 0.1) is 11.2 Å². The Kier molecular flexibility index (Phi) is 5.01. The lowest BCUT2D eigenvalue weighted by atomic mass is 10.2. The highest BCUT2D eigenvalue weighted by Gasteiger charge is 2.04. The fraction of sp³-hybridized carbons (Fsp3) is 0.125. The van der Waals surface area contributed by atoms with Crippen molar-refractivity contribution in [3.05, 3.63) is 102 Å². The molecule has 3 heteroatoms. The third kappa shape index (κ3) is 4.26. The molecule has 4 aromatic rings. The second-order valence-corrected chi connectivity index (χ2v) is 6.49. The van der Waals surface area contributed by atoms with Crippen LogP contribution < -0.4 is 9.47 Å². The van der Waals surface area contributed by atoms with Gasteiger partial charge in [-0.1, -0.05) is 54.6 Å². The van der Waals surface area contributed by atoms with Crippen LogP contribution in [-0.2, 0) is 13.2 Å². The number of aryl methyl sites for hydroxylation is 1. The van der Waals surface area contributed by atoms with Crippen LogP contribution in [0.4, 0.5) is 0 Å². The molecule has 0 spiro atoms. The molecule has 4 rings (SSSR count). The number of nitrogens with zero attached hydrogens (tertiary/aromatic N) is 1. The van der Waals surface area contributed by atoms with Crippen LogP contribution in [-0.4, -0.2) is 4.98 Å². The van der Waals surface area contributed by atoms with Crippen LogP contribution in [0.2, 0.25) is 0 Å². The largest absolute Gasteiger partial charge is 0.489 e. The molecule has 3 nitrogen and oxygen atoms in total. The van der Waals surface area contributed by atoms with Gasteiger partial charge in [0, 0.05) is 5.39 Å². The van der Waals surface area contributed by atoms with Gasteiger partial charge in [-0.2, -0.15) is 0 Å². The van der Waals surface area contributed by atoms with Gasteiger partial charge in [0.25, 0.3) is 0 Å². The molecule has 0 fully saturated rings. The van der Waals surface area contributed by atoms with Gasteiger partial charge in [-0.25, -0.2) is 4.98 Å². The Morgan fingerprint density at radius 1 is 0.741 bits per heavy atom. The van der Waals surface area contributed by atoms with Crippen LogP contribution in [0.25, 0.3) is 10.9 Å². The van der Waals surface area contributed by atoms with Crippen molar-refractivity contribution in [1.82, 2.24) is 4.98 Å². The summed E-state index contributed by atoms with van der Waals surface area (Å²) in [4.78, 5) is 4.64. The quantitative estimate of drug-likeness (QED) is 0.444. The van der Waals surface area contributed by atoms with E-state index in [4.69, 9.17) is 9.47 Å². The van der Waals surface area contributed by atoms with Gasteiger partial charge in [0.1, 0.15) is 24.7 Å². The minimum atomic E-state index is 0.439. The molecule has 0 aliphatic heterocycles. The van der Waals surface area contributed by atoms with Crippen LogP contribution in [0, 0.1) is 6.92 Å². The Balaban J connectivity index is 1.39. The average molecular weight is 355 g/mol. The molecule has 0 bridgehead atoms. The molecule has 0 unspecified atom stereocenters. The molecule has 27 heavy (non-hydrogen) atoms. The highest BCUT2D eigenvalue weighted by Crippen LogP contribution is 2.25. The molecule has 0 aliphatic rings. The van der Waals surface area contributed by atoms with Gasteiger partial charge >= 0.3 is 0 Å². The van der Waals surface area contributed by atoms with Gasteiger partial charge in [-0.05, 0) is 48.4 Å². The predicted octanol–water partition coefficient (Wildman–Crippen LogP) is 5.70. The molecular weight excluding hydrogens is 334 g/mol. The number of fused-ring (bicyclic) bond motifs is 1. The third-order valence-electron chi connectivity index (χ3n) is 4.43. The van der Waals surface area contributed by atoms with Crippen molar-refractivity contribution in [3.8, 4) is 11.5 Å². The van der Waals surface area contributed by atoms with Crippen LogP contribution in [0.15, 0.2) is 84.9 Å². The zero-order chi connectivity index (χ0) is 18.5. The van der Waals surface area contributed by atoms with E-state index in [1.165, 1.54) is 0 Å². The van der Waals surface area contributed by atoms with Gasteiger partial charge in [-0.15, -0.1) is 0 Å². The number of ether oxygens (including phenoxy) is 2. The number of hydrogen-bond acceptors (Lipinski definition) is 3. The molecule has 1 aromatic heterocycles. The summed E-state index contributed by atoms with van der Waals surface area (Å²) < 4.78 is 11.8. The summed E-state index contributed by atoms with van der Waals surface area (Å²) >= 11 is 0. The Labute approximate surface area is 159 Å². The van der Waals surface area contributed by atoms with Gasteiger partial charge < -0.3 is 9.47 Å². The van der Waals surface area contributed by atoms with Crippen LogP contribution in [0.1, 0.15) is 16.8 Å². The fourth-order valence-corrected chi connectivity index (χ4v) is 2.95. The number of rotatable bonds is 6. The van der Waals surface area contributed by atoms with E-state index in [1.54, 1.807) is 0 Å². The summed E-state index contributed by atoms with van der Waals surface area (Å²) in [6, 6.07) is 28.2. The first-order valence-corrected chi connectivity index (χ1v) is 9.03. The molecule has 134 valence electrons. The van der Waals surface area contributed by atoms with Crippen molar-refractivity contribution in [1.29, 1.82) is 0 Å². The van der Waals surface area contributed by atoms with Crippen molar-refractivity contribution in [3.63, 3.8) is 0 Å². The van der Waals surface area contributed by atoms with Crippen molar-refractivity contribution in [2.75, 3.05) is 0 Å². The number of benzene rings is 3. The van der Waals surface area contributed by atoms with Crippen LogP contribution in [0.5, 0.6) is 11.5 Å². The molecule has 0 saturated heterocycles. The maximum Gasteiger partial charge on any atom is 0.130 e. The molecule has 0 atom stereocenters. The molecule has 0 aliphatic carbocycles. The highest BCUT2D eigenvalue weighted by molar-refractivity contribution is 5.78. The van der Waals surface area contributed by atoms with E-state index in [-0.39, 0.29) is 0 Å². The standard InChI is InChI=1S/C24H21NO2/c1-18-15-22(13-14-24(18)27-16-19-7-3-2-4-8-19)26-17-21-12-11-20-9-5-6-10-23(20)25-21/h2-15H,16-17H2,1H3. The summed E-state index contributed by atoms with van der Waals surface area (Å²) in [7, 11) is 0. The van der Waals surface area contributed by atoms with Crippen molar-refractivity contribution < 1.29 is 9.47 Å². The minimum Gasteiger partial charge on any atom is -0.489 e. The van der Waals surface area contributed by atoms with E-state index in [2.05, 4.69) is 29.2 Å². The van der Waals surface area contributed by atoms with E-state index in [0.717, 1.165) is 39.2 Å². The molecule has 0 saturated carbocycles. The fourth-order valence-electron chi connectivity index (χ4n) is 2.95. The lowest BCUT2D eigenvalue weighted by molar-refractivity contribution is 0.293. The van der Waals surface area contributed by atoms with Gasteiger partial charge in [-0.3, -0.25) is 0 Å². The first kappa shape index (κ1) is 17.1. The van der Waals surface area contributed by atoms with E-state index < -0.39 is 0 Å². The Morgan fingerprint density at radius 2 is 1.56 bits per heavy atom. The van der Waals surface area contributed by atoms with Gasteiger partial charge in [0.2, 0.25) is 0 Å². The van der Waals surface area contributed by atoms with Crippen molar-refractivity contribution in [2.45, 2.75) is 20.1 Å². The second kappa shape index (κ2) is 7.92. The summed E-state index contributed by atoms with van der Waals surface area (Å²) in [5.74, 6) is 1.68. The predicted molar refractivity (Wildman–Crippen MR) is 108 cm³/mol. The SMILES string of the molecule is Cc1cc(OCc2ccc3ccccc3n2)ccc1OCc1ccccc1. The number of para-hydroxylation sites is 1. The molecule has 0 radical (unpaired) electrons. The third-order valence-corrected chi connectivity index (χ3v) is 4.43. The molecular formula is C24H21NO2. The normalized spacial score (nSPS) is 10.7. The van der Waals surface area contributed by atoms with Crippen molar-refractivity contribution >= 4 is 10.9 Å². The van der Waals surface area contributed by atoms with Crippen molar-refractivity contribution in [2.24, 2.45) is 0 Å². The number of pyridine rings is 1. The van der Waals surface area contributed by atoms with E-state index in [1.807, 2.05) is 67.6 Å². The molecule has 0 amide bonds. The van der Waals surface area contributed by atoms with Crippen LogP contribution in [0.3, 0.4) is 0 Å². The minimum absolute atomic E-state index is 0.439. The summed E-state index contributed by atoms with van der Waals surface area (Å²) in [6.07, 6.45) is 0. The summed E-state index contributed by atoms with van der Waals surface area (Å²) in [6.45, 7) is 3.03. The number of hydrogen-bond donors (Lipinski definition) is 0. The molecule has 3 aromatic carbocycles. The van der Waals surface area contributed by atoms with E-state index >= 15 is 0 Å². The zero-order valence-corrected chi connectivity index (χ0v) is 15.3. The first-order valence-electron chi connectivity index (χ1n) is 9.03. The van der Waals surface area contributed by atoms with E-state index in [9.17, 15) is 0 Å². The number of aromatic nitrogens is 1. The lowest BCUT2D eigenvalue weighted by Crippen LogP contribution is -2.00. The first-order chi connectivity index (χ1) is 13.3. The topological polar surface area (TPSA) is 31.4 Å². The average Bonchev–Trinajstić information content (AvgIpc) is 2.72. The maximum atomic E-state index is 5.92. The van der Waals surface area contributed by atoms with Crippen LogP contribution >= 0.6 is 0 Å². The molecule has 0 N–H and O–H groups in total. The molecule has 1 heterocycles. The second-order valence-electron chi connectivity index (χ2n) is 6.49. The summed E-state index contributed by atoms with van der Waals surface area (Å²) in [5, 5.41) is 1.14. The van der Waals surface area contributed by atoms with E-state index in [0.29, 0.717) is 13.2 Å².